The average Bonchev–Trinajstić information content (AvgIpc) is 2.60. The number of carbonyl (C=O) groups is 1. The summed E-state index contributed by atoms with van der Waals surface area (Å²) in [5.74, 6) is -1.79. The summed E-state index contributed by atoms with van der Waals surface area (Å²) in [5, 5.41) is 39.0. The van der Waals surface area contributed by atoms with E-state index in [2.05, 4.69) is 0 Å². The molecule has 2 aromatic rings. The van der Waals surface area contributed by atoms with Crippen molar-refractivity contribution >= 4 is 23.3 Å². The third-order valence-corrected chi connectivity index (χ3v) is 3.37. The summed E-state index contributed by atoms with van der Waals surface area (Å²) >= 11 is 0. The van der Waals surface area contributed by atoms with Crippen LogP contribution in [0.3, 0.4) is 0 Å². The SMILES string of the molecule is COc1cc(C=C(C#N)c2ccc(C(=O)O)cc2)cc([N+](=O)[O-])c1O. The van der Waals surface area contributed by atoms with Crippen molar-refractivity contribution in [2.75, 3.05) is 7.11 Å². The maximum Gasteiger partial charge on any atom is 0.335 e. The minimum absolute atomic E-state index is 0.0722. The number of phenols is 1. The van der Waals surface area contributed by atoms with Gasteiger partial charge in [0.25, 0.3) is 0 Å². The zero-order valence-corrected chi connectivity index (χ0v) is 13.0. The zero-order valence-electron chi connectivity index (χ0n) is 13.0. The van der Waals surface area contributed by atoms with E-state index in [1.807, 2.05) is 6.07 Å². The molecule has 0 aliphatic heterocycles. The third kappa shape index (κ3) is 3.73. The van der Waals surface area contributed by atoms with Gasteiger partial charge in [-0.15, -0.1) is 0 Å². The average molecular weight is 340 g/mol. The van der Waals surface area contributed by atoms with E-state index in [-0.39, 0.29) is 22.4 Å². The van der Waals surface area contributed by atoms with E-state index in [4.69, 9.17) is 9.84 Å². The van der Waals surface area contributed by atoms with E-state index in [1.54, 1.807) is 0 Å². The number of allylic oxidation sites excluding steroid dienone is 1. The molecule has 8 nitrogen and oxygen atoms in total. The highest BCUT2D eigenvalue weighted by Crippen LogP contribution is 2.37. The van der Waals surface area contributed by atoms with E-state index < -0.39 is 22.3 Å². The Morgan fingerprint density at radius 3 is 2.36 bits per heavy atom. The van der Waals surface area contributed by atoms with Crippen molar-refractivity contribution in [1.82, 2.24) is 0 Å². The number of rotatable bonds is 5. The number of hydrogen-bond acceptors (Lipinski definition) is 6. The Morgan fingerprint density at radius 2 is 1.88 bits per heavy atom. The molecule has 0 aliphatic rings. The van der Waals surface area contributed by atoms with Gasteiger partial charge in [0.15, 0.2) is 5.75 Å². The van der Waals surface area contributed by atoms with Gasteiger partial charge < -0.3 is 14.9 Å². The number of phenolic OH excluding ortho intramolecular Hbond substituents is 1. The molecule has 126 valence electrons. The Morgan fingerprint density at radius 1 is 1.28 bits per heavy atom. The van der Waals surface area contributed by atoms with Gasteiger partial charge in [0.05, 0.1) is 29.2 Å². The minimum atomic E-state index is -1.09. The summed E-state index contributed by atoms with van der Waals surface area (Å²) in [4.78, 5) is 21.1. The second-order valence-corrected chi connectivity index (χ2v) is 4.90. The number of nitrogens with zero attached hydrogens (tertiary/aromatic N) is 2. The second-order valence-electron chi connectivity index (χ2n) is 4.90. The standard InChI is InChI=1S/C17H12N2O6/c1-25-15-8-10(7-14(16(15)20)19(23)24)6-13(9-18)11-2-4-12(5-3-11)17(21)22/h2-8,20H,1H3,(H,21,22). The van der Waals surface area contributed by atoms with Crippen LogP contribution in [0.15, 0.2) is 36.4 Å². The molecule has 0 fully saturated rings. The predicted octanol–water partition coefficient (Wildman–Crippen LogP) is 3.07. The molecule has 0 unspecified atom stereocenters. The molecule has 0 bridgehead atoms. The van der Waals surface area contributed by atoms with Gasteiger partial charge in [-0.05, 0) is 35.4 Å². The van der Waals surface area contributed by atoms with Crippen LogP contribution in [0.25, 0.3) is 11.6 Å². The summed E-state index contributed by atoms with van der Waals surface area (Å²) in [6, 6.07) is 10.0. The van der Waals surface area contributed by atoms with E-state index in [0.29, 0.717) is 5.56 Å². The highest BCUT2D eigenvalue weighted by atomic mass is 16.6. The summed E-state index contributed by atoms with van der Waals surface area (Å²) in [5.41, 5.74) is 0.411. The molecular weight excluding hydrogens is 328 g/mol. The molecule has 2 aromatic carbocycles. The van der Waals surface area contributed by atoms with Gasteiger partial charge in [-0.1, -0.05) is 12.1 Å². The molecule has 8 heteroatoms. The normalized spacial score (nSPS) is 10.8. The van der Waals surface area contributed by atoms with Crippen LogP contribution in [-0.2, 0) is 0 Å². The molecule has 0 amide bonds. The molecular formula is C17H12N2O6. The number of aromatic hydroxyl groups is 1. The topological polar surface area (TPSA) is 134 Å². The Kier molecular flexibility index (Phi) is 5.00. The first-order valence-electron chi connectivity index (χ1n) is 6.88. The van der Waals surface area contributed by atoms with E-state index in [1.165, 1.54) is 43.5 Å². The molecule has 0 radical (unpaired) electrons. The number of aromatic carboxylic acids is 1. The molecule has 2 N–H and O–H groups in total. The molecule has 0 spiro atoms. The van der Waals surface area contributed by atoms with Gasteiger partial charge >= 0.3 is 11.7 Å². The molecule has 0 aliphatic carbocycles. The maximum absolute atomic E-state index is 11.0. The maximum atomic E-state index is 11.0. The van der Waals surface area contributed by atoms with Crippen LogP contribution in [-0.4, -0.2) is 28.2 Å². The fourth-order valence-corrected chi connectivity index (χ4v) is 2.13. The van der Waals surface area contributed by atoms with Gasteiger partial charge in [-0.2, -0.15) is 5.26 Å². The molecule has 2 rings (SSSR count). The number of hydrogen-bond donors (Lipinski definition) is 2. The van der Waals surface area contributed by atoms with Crippen LogP contribution in [0.2, 0.25) is 0 Å². The number of benzene rings is 2. The Labute approximate surface area is 142 Å². The number of nitro groups is 1. The van der Waals surface area contributed by atoms with Crippen molar-refractivity contribution in [3.05, 3.63) is 63.2 Å². The monoisotopic (exact) mass is 340 g/mol. The Balaban J connectivity index is 2.52. The van der Waals surface area contributed by atoms with Crippen molar-refractivity contribution in [2.45, 2.75) is 0 Å². The smallest absolute Gasteiger partial charge is 0.335 e. The molecule has 0 heterocycles. The highest BCUT2D eigenvalue weighted by Gasteiger charge is 2.19. The zero-order chi connectivity index (χ0) is 18.6. The first-order chi connectivity index (χ1) is 11.9. The number of nitro benzene ring substituents is 1. The fourth-order valence-electron chi connectivity index (χ4n) is 2.13. The molecule has 0 atom stereocenters. The number of carboxylic acid groups (broad SMARTS) is 1. The highest BCUT2D eigenvalue weighted by molar-refractivity contribution is 5.92. The van der Waals surface area contributed by atoms with Crippen LogP contribution in [0.5, 0.6) is 11.5 Å². The van der Waals surface area contributed by atoms with E-state index in [9.17, 15) is 25.3 Å². The quantitative estimate of drug-likeness (QED) is 0.369. The number of ether oxygens (including phenoxy) is 1. The predicted molar refractivity (Wildman–Crippen MR) is 88.2 cm³/mol. The lowest BCUT2D eigenvalue weighted by atomic mass is 10.0. The fraction of sp³-hybridized carbons (Fsp3) is 0.0588. The van der Waals surface area contributed by atoms with Crippen LogP contribution >= 0.6 is 0 Å². The first kappa shape index (κ1) is 17.5. The largest absolute Gasteiger partial charge is 0.500 e. The number of nitriles is 1. The number of methoxy groups -OCH3 is 1. The van der Waals surface area contributed by atoms with E-state index >= 15 is 0 Å². The van der Waals surface area contributed by atoms with Gasteiger partial charge in [-0.3, -0.25) is 10.1 Å². The molecule has 0 saturated heterocycles. The number of carboxylic acids is 1. The third-order valence-electron chi connectivity index (χ3n) is 3.37. The lowest BCUT2D eigenvalue weighted by molar-refractivity contribution is -0.386. The van der Waals surface area contributed by atoms with Crippen LogP contribution in [0, 0.1) is 21.4 Å². The van der Waals surface area contributed by atoms with Crippen molar-refractivity contribution in [2.24, 2.45) is 0 Å². The van der Waals surface area contributed by atoms with Gasteiger partial charge in [0.2, 0.25) is 5.75 Å². The van der Waals surface area contributed by atoms with Crippen molar-refractivity contribution in [1.29, 1.82) is 5.26 Å². The molecule has 25 heavy (non-hydrogen) atoms. The summed E-state index contributed by atoms with van der Waals surface area (Å²) in [6.45, 7) is 0. The lowest BCUT2D eigenvalue weighted by Crippen LogP contribution is -1.96. The summed E-state index contributed by atoms with van der Waals surface area (Å²) in [6.07, 6.45) is 1.38. The van der Waals surface area contributed by atoms with E-state index in [0.717, 1.165) is 6.07 Å². The van der Waals surface area contributed by atoms with Crippen molar-refractivity contribution in [3.8, 4) is 17.6 Å². The molecule has 0 aromatic heterocycles. The lowest BCUT2D eigenvalue weighted by Gasteiger charge is -2.06. The first-order valence-corrected chi connectivity index (χ1v) is 6.88. The summed E-state index contributed by atoms with van der Waals surface area (Å²) in [7, 11) is 1.25. The second kappa shape index (κ2) is 7.14. The van der Waals surface area contributed by atoms with Gasteiger partial charge in [0.1, 0.15) is 0 Å². The van der Waals surface area contributed by atoms with Crippen molar-refractivity contribution < 1.29 is 24.7 Å². The Hall–Kier alpha value is -3.86. The van der Waals surface area contributed by atoms with Crippen molar-refractivity contribution in [3.63, 3.8) is 0 Å². The van der Waals surface area contributed by atoms with Gasteiger partial charge in [0, 0.05) is 6.07 Å². The van der Waals surface area contributed by atoms with Gasteiger partial charge in [-0.25, -0.2) is 4.79 Å². The minimum Gasteiger partial charge on any atom is -0.500 e. The summed E-state index contributed by atoms with van der Waals surface area (Å²) < 4.78 is 4.91. The molecule has 0 saturated carbocycles. The van der Waals surface area contributed by atoms with Crippen LogP contribution in [0.1, 0.15) is 21.5 Å². The van der Waals surface area contributed by atoms with Crippen LogP contribution < -0.4 is 4.74 Å². The van der Waals surface area contributed by atoms with Crippen LogP contribution in [0.4, 0.5) is 5.69 Å². The Bertz CT molecular complexity index is 910.